The summed E-state index contributed by atoms with van der Waals surface area (Å²) in [6, 6.07) is 10.9. The zero-order valence-electron chi connectivity index (χ0n) is 10.3. The Labute approximate surface area is 102 Å². The molecule has 0 bridgehead atoms. The van der Waals surface area contributed by atoms with Gasteiger partial charge in [0.1, 0.15) is 12.2 Å². The Hall–Kier alpha value is -1.68. The van der Waals surface area contributed by atoms with Gasteiger partial charge in [-0.3, -0.25) is 4.68 Å². The summed E-state index contributed by atoms with van der Waals surface area (Å²) >= 11 is 0. The lowest BCUT2D eigenvalue weighted by Crippen LogP contribution is -2.28. The number of nitrogens with zero attached hydrogens (tertiary/aromatic N) is 3. The van der Waals surface area contributed by atoms with Gasteiger partial charge >= 0.3 is 0 Å². The van der Waals surface area contributed by atoms with Crippen LogP contribution in [0.2, 0.25) is 0 Å². The third kappa shape index (κ3) is 3.39. The Bertz CT molecular complexity index is 449. The van der Waals surface area contributed by atoms with E-state index in [1.54, 1.807) is 11.0 Å². The molecule has 4 nitrogen and oxygen atoms in total. The van der Waals surface area contributed by atoms with Crippen molar-refractivity contribution in [2.24, 2.45) is 7.05 Å². The standard InChI is InChI=1S/C13H18N4/c1-11(8-12-6-4-3-5-7-12)14-9-13-15-10-16-17(13)2/h3-7,10-11,14H,8-9H2,1-2H3. The van der Waals surface area contributed by atoms with Crippen molar-refractivity contribution in [3.05, 3.63) is 48.0 Å². The van der Waals surface area contributed by atoms with Gasteiger partial charge in [-0.05, 0) is 18.9 Å². The van der Waals surface area contributed by atoms with Crippen LogP contribution < -0.4 is 5.32 Å². The topological polar surface area (TPSA) is 42.7 Å². The average Bonchev–Trinajstić information content (AvgIpc) is 2.74. The van der Waals surface area contributed by atoms with Gasteiger partial charge in [0.05, 0.1) is 6.54 Å². The van der Waals surface area contributed by atoms with Crippen molar-refractivity contribution in [2.75, 3.05) is 0 Å². The van der Waals surface area contributed by atoms with Gasteiger partial charge in [0.15, 0.2) is 0 Å². The second-order valence-electron chi connectivity index (χ2n) is 4.27. The Morgan fingerprint density at radius 2 is 2.06 bits per heavy atom. The number of nitrogens with one attached hydrogen (secondary N) is 1. The second-order valence-corrected chi connectivity index (χ2v) is 4.27. The molecule has 1 atom stereocenters. The molecule has 0 aliphatic rings. The van der Waals surface area contributed by atoms with Crippen molar-refractivity contribution >= 4 is 0 Å². The minimum atomic E-state index is 0.425. The molecule has 0 saturated carbocycles. The third-order valence-corrected chi connectivity index (χ3v) is 2.80. The number of rotatable bonds is 5. The van der Waals surface area contributed by atoms with Gasteiger partial charge < -0.3 is 5.32 Å². The van der Waals surface area contributed by atoms with Gasteiger partial charge in [-0.15, -0.1) is 0 Å². The van der Waals surface area contributed by atoms with Gasteiger partial charge in [0, 0.05) is 13.1 Å². The molecule has 0 fully saturated rings. The first-order valence-electron chi connectivity index (χ1n) is 5.86. The van der Waals surface area contributed by atoms with Crippen LogP contribution in [0.25, 0.3) is 0 Å². The van der Waals surface area contributed by atoms with Crippen LogP contribution in [0.4, 0.5) is 0 Å². The molecule has 0 radical (unpaired) electrons. The van der Waals surface area contributed by atoms with Gasteiger partial charge in [-0.2, -0.15) is 5.10 Å². The van der Waals surface area contributed by atoms with Crippen LogP contribution in [0.1, 0.15) is 18.3 Å². The third-order valence-electron chi connectivity index (χ3n) is 2.80. The van der Waals surface area contributed by atoms with Crippen LogP contribution in [0.5, 0.6) is 0 Å². The second kappa shape index (κ2) is 5.59. The normalized spacial score (nSPS) is 12.6. The molecular formula is C13H18N4. The fourth-order valence-corrected chi connectivity index (χ4v) is 1.79. The van der Waals surface area contributed by atoms with Crippen molar-refractivity contribution in [3.8, 4) is 0 Å². The lowest BCUT2D eigenvalue weighted by atomic mass is 10.1. The molecule has 90 valence electrons. The molecule has 2 aromatic rings. The summed E-state index contributed by atoms with van der Waals surface area (Å²) in [5.74, 6) is 0.963. The SMILES string of the molecule is CC(Cc1ccccc1)NCc1ncnn1C. The van der Waals surface area contributed by atoms with Crippen molar-refractivity contribution in [1.29, 1.82) is 0 Å². The maximum Gasteiger partial charge on any atom is 0.140 e. The van der Waals surface area contributed by atoms with Gasteiger partial charge in [0.2, 0.25) is 0 Å². The Morgan fingerprint density at radius 1 is 1.29 bits per heavy atom. The zero-order chi connectivity index (χ0) is 12.1. The van der Waals surface area contributed by atoms with Crippen LogP contribution in [0.15, 0.2) is 36.7 Å². The molecular weight excluding hydrogens is 212 g/mol. The summed E-state index contributed by atoms with van der Waals surface area (Å²) < 4.78 is 1.79. The Kier molecular flexibility index (Phi) is 3.88. The van der Waals surface area contributed by atoms with Crippen LogP contribution in [-0.2, 0) is 20.0 Å². The van der Waals surface area contributed by atoms with E-state index in [0.29, 0.717) is 6.04 Å². The van der Waals surface area contributed by atoms with Gasteiger partial charge in [-0.1, -0.05) is 30.3 Å². The summed E-state index contributed by atoms with van der Waals surface area (Å²) in [4.78, 5) is 4.18. The molecule has 1 heterocycles. The summed E-state index contributed by atoms with van der Waals surface area (Å²) in [7, 11) is 1.91. The number of aryl methyl sites for hydroxylation is 1. The number of hydrogen-bond acceptors (Lipinski definition) is 3. The Morgan fingerprint density at radius 3 is 2.71 bits per heavy atom. The summed E-state index contributed by atoms with van der Waals surface area (Å²) in [6.07, 6.45) is 2.61. The van der Waals surface area contributed by atoms with E-state index in [-0.39, 0.29) is 0 Å². The molecule has 4 heteroatoms. The fraction of sp³-hybridized carbons (Fsp3) is 0.385. The Balaban J connectivity index is 1.82. The lowest BCUT2D eigenvalue weighted by molar-refractivity contribution is 0.519. The summed E-state index contributed by atoms with van der Waals surface area (Å²) in [5, 5.41) is 7.50. The molecule has 0 saturated heterocycles. The molecule has 1 aromatic carbocycles. The molecule has 0 amide bonds. The number of benzene rings is 1. The van der Waals surface area contributed by atoms with E-state index in [0.717, 1.165) is 18.8 Å². The van der Waals surface area contributed by atoms with Crippen LogP contribution in [-0.4, -0.2) is 20.8 Å². The highest BCUT2D eigenvalue weighted by Crippen LogP contribution is 2.03. The number of hydrogen-bond donors (Lipinski definition) is 1. The minimum Gasteiger partial charge on any atom is -0.307 e. The largest absolute Gasteiger partial charge is 0.307 e. The first-order valence-corrected chi connectivity index (χ1v) is 5.86. The van der Waals surface area contributed by atoms with Crippen molar-refractivity contribution in [1.82, 2.24) is 20.1 Å². The summed E-state index contributed by atoms with van der Waals surface area (Å²) in [5.41, 5.74) is 1.35. The van der Waals surface area contributed by atoms with E-state index in [4.69, 9.17) is 0 Å². The van der Waals surface area contributed by atoms with E-state index in [9.17, 15) is 0 Å². The van der Waals surface area contributed by atoms with E-state index >= 15 is 0 Å². The molecule has 1 unspecified atom stereocenters. The quantitative estimate of drug-likeness (QED) is 0.847. The first-order chi connectivity index (χ1) is 8.25. The lowest BCUT2D eigenvalue weighted by Gasteiger charge is -2.13. The van der Waals surface area contributed by atoms with Crippen molar-refractivity contribution in [2.45, 2.75) is 25.9 Å². The van der Waals surface area contributed by atoms with E-state index < -0.39 is 0 Å². The highest BCUT2D eigenvalue weighted by Gasteiger charge is 2.05. The average molecular weight is 230 g/mol. The molecule has 1 N–H and O–H groups in total. The maximum absolute atomic E-state index is 4.18. The maximum atomic E-state index is 4.18. The molecule has 0 spiro atoms. The minimum absolute atomic E-state index is 0.425. The molecule has 1 aromatic heterocycles. The van der Waals surface area contributed by atoms with Gasteiger partial charge in [0.25, 0.3) is 0 Å². The summed E-state index contributed by atoms with van der Waals surface area (Å²) in [6.45, 7) is 2.94. The van der Waals surface area contributed by atoms with Crippen molar-refractivity contribution < 1.29 is 0 Å². The zero-order valence-corrected chi connectivity index (χ0v) is 10.3. The molecule has 0 aliphatic heterocycles. The van der Waals surface area contributed by atoms with Crippen LogP contribution >= 0.6 is 0 Å². The fourth-order valence-electron chi connectivity index (χ4n) is 1.79. The van der Waals surface area contributed by atoms with E-state index in [1.165, 1.54) is 5.56 Å². The highest BCUT2D eigenvalue weighted by atomic mass is 15.3. The predicted molar refractivity (Wildman–Crippen MR) is 67.5 cm³/mol. The van der Waals surface area contributed by atoms with Crippen LogP contribution in [0.3, 0.4) is 0 Å². The first kappa shape index (κ1) is 11.8. The number of aromatic nitrogens is 3. The predicted octanol–water partition coefficient (Wildman–Crippen LogP) is 1.54. The molecule has 17 heavy (non-hydrogen) atoms. The molecule has 0 aliphatic carbocycles. The van der Waals surface area contributed by atoms with E-state index in [2.05, 4.69) is 46.6 Å². The molecule has 2 rings (SSSR count). The van der Waals surface area contributed by atoms with E-state index in [1.807, 2.05) is 13.1 Å². The van der Waals surface area contributed by atoms with Gasteiger partial charge in [-0.25, -0.2) is 4.98 Å². The highest BCUT2D eigenvalue weighted by molar-refractivity contribution is 5.15. The van der Waals surface area contributed by atoms with Crippen LogP contribution in [0, 0.1) is 0 Å². The monoisotopic (exact) mass is 230 g/mol. The van der Waals surface area contributed by atoms with Crippen molar-refractivity contribution in [3.63, 3.8) is 0 Å². The smallest absolute Gasteiger partial charge is 0.140 e.